The number of rotatable bonds is 6. The van der Waals surface area contributed by atoms with E-state index in [1.807, 2.05) is 17.8 Å². The van der Waals surface area contributed by atoms with Crippen LogP contribution in [0.25, 0.3) is 0 Å². The molecule has 4 heteroatoms. The second-order valence-corrected chi connectivity index (χ2v) is 6.29. The van der Waals surface area contributed by atoms with E-state index >= 15 is 0 Å². The first-order valence-corrected chi connectivity index (χ1v) is 8.10. The first kappa shape index (κ1) is 14.9. The van der Waals surface area contributed by atoms with Gasteiger partial charge in [0.1, 0.15) is 0 Å². The Morgan fingerprint density at radius 1 is 1.16 bits per heavy atom. The van der Waals surface area contributed by atoms with Crippen LogP contribution in [0.5, 0.6) is 0 Å². The molecule has 1 N–H and O–H groups in total. The lowest BCUT2D eigenvalue weighted by molar-refractivity contribution is 0.0921. The molecule has 1 atom stereocenters. The van der Waals surface area contributed by atoms with E-state index in [2.05, 4.69) is 41.1 Å². The first-order valence-electron chi connectivity index (χ1n) is 6.94. The van der Waals surface area contributed by atoms with E-state index in [1.165, 1.54) is 5.56 Å². The summed E-state index contributed by atoms with van der Waals surface area (Å²) in [5.41, 5.74) is 1.33. The molecule has 0 aliphatic carbocycles. The number of thioether (sulfide) groups is 1. The minimum Gasteiger partial charge on any atom is -0.391 e. The zero-order chi connectivity index (χ0) is 13.5. The summed E-state index contributed by atoms with van der Waals surface area (Å²) in [5.74, 6) is 1.81. The van der Waals surface area contributed by atoms with Gasteiger partial charge in [0.15, 0.2) is 0 Å². The molecule has 1 saturated heterocycles. The number of likely N-dealkylation sites (N-methyl/N-ethyl adjacent to an activating group) is 1. The number of aliphatic hydroxyl groups excluding tert-OH is 1. The van der Waals surface area contributed by atoms with Gasteiger partial charge in [-0.1, -0.05) is 30.3 Å². The lowest BCUT2D eigenvalue weighted by Gasteiger charge is -2.33. The minimum atomic E-state index is -0.211. The van der Waals surface area contributed by atoms with E-state index in [-0.39, 0.29) is 6.10 Å². The van der Waals surface area contributed by atoms with E-state index in [1.54, 1.807) is 0 Å². The maximum absolute atomic E-state index is 10.1. The van der Waals surface area contributed by atoms with Gasteiger partial charge >= 0.3 is 0 Å². The van der Waals surface area contributed by atoms with Gasteiger partial charge < -0.3 is 10.0 Å². The predicted octanol–water partition coefficient (Wildman–Crippen LogP) is 1.53. The standard InChI is InChI=1S/C15H24N2OS/c1-16-7-9-17(10-8-16)11-15(18)13-19-12-14-5-3-2-4-6-14/h2-6,15,18H,7-13H2,1H3. The number of hydrogen-bond donors (Lipinski definition) is 1. The molecule has 19 heavy (non-hydrogen) atoms. The van der Waals surface area contributed by atoms with Crippen molar-refractivity contribution in [2.24, 2.45) is 0 Å². The summed E-state index contributed by atoms with van der Waals surface area (Å²) < 4.78 is 0. The molecule has 0 amide bonds. The molecule has 1 aromatic carbocycles. The summed E-state index contributed by atoms with van der Waals surface area (Å²) in [7, 11) is 2.16. The quantitative estimate of drug-likeness (QED) is 0.855. The number of benzene rings is 1. The van der Waals surface area contributed by atoms with Crippen LogP contribution in [0.3, 0.4) is 0 Å². The van der Waals surface area contributed by atoms with E-state index in [0.29, 0.717) is 0 Å². The van der Waals surface area contributed by atoms with Gasteiger partial charge in [-0.25, -0.2) is 0 Å². The van der Waals surface area contributed by atoms with Gasteiger partial charge in [-0.3, -0.25) is 4.90 Å². The SMILES string of the molecule is CN1CCN(CC(O)CSCc2ccccc2)CC1. The van der Waals surface area contributed by atoms with Crippen LogP contribution in [0.2, 0.25) is 0 Å². The maximum Gasteiger partial charge on any atom is 0.0757 e. The zero-order valence-electron chi connectivity index (χ0n) is 11.7. The Labute approximate surface area is 120 Å². The third-order valence-corrected chi connectivity index (χ3v) is 4.64. The first-order chi connectivity index (χ1) is 9.24. The Morgan fingerprint density at radius 2 is 1.84 bits per heavy atom. The normalized spacial score (nSPS) is 19.5. The molecular weight excluding hydrogens is 256 g/mol. The Kier molecular flexibility index (Phi) is 6.17. The molecule has 1 aliphatic heterocycles. The van der Waals surface area contributed by atoms with Crippen LogP contribution in [0.1, 0.15) is 5.56 Å². The van der Waals surface area contributed by atoms with E-state index < -0.39 is 0 Å². The third-order valence-electron chi connectivity index (χ3n) is 3.49. The predicted molar refractivity (Wildman–Crippen MR) is 82.5 cm³/mol. The molecule has 0 radical (unpaired) electrons. The smallest absolute Gasteiger partial charge is 0.0757 e. The number of hydrogen-bond acceptors (Lipinski definition) is 4. The molecule has 2 rings (SSSR count). The molecule has 3 nitrogen and oxygen atoms in total. The summed E-state index contributed by atoms with van der Waals surface area (Å²) in [6.45, 7) is 5.21. The van der Waals surface area contributed by atoms with Crippen LogP contribution < -0.4 is 0 Å². The summed E-state index contributed by atoms with van der Waals surface area (Å²) in [5, 5.41) is 10.1. The van der Waals surface area contributed by atoms with Gasteiger partial charge in [-0.2, -0.15) is 11.8 Å². The van der Waals surface area contributed by atoms with E-state index in [9.17, 15) is 5.11 Å². The summed E-state index contributed by atoms with van der Waals surface area (Å²) in [6.07, 6.45) is -0.211. The van der Waals surface area contributed by atoms with Gasteiger partial charge in [0.2, 0.25) is 0 Å². The number of nitrogens with zero attached hydrogens (tertiary/aromatic N) is 2. The molecule has 106 valence electrons. The molecular formula is C15H24N2OS. The minimum absolute atomic E-state index is 0.211. The van der Waals surface area contributed by atoms with Crippen molar-refractivity contribution < 1.29 is 5.11 Å². The van der Waals surface area contributed by atoms with Crippen molar-refractivity contribution in [3.8, 4) is 0 Å². The summed E-state index contributed by atoms with van der Waals surface area (Å²) >= 11 is 1.82. The second kappa shape index (κ2) is 7.90. The summed E-state index contributed by atoms with van der Waals surface area (Å²) in [4.78, 5) is 4.71. The fourth-order valence-electron chi connectivity index (χ4n) is 2.27. The van der Waals surface area contributed by atoms with Crippen LogP contribution in [0.4, 0.5) is 0 Å². The molecule has 0 spiro atoms. The van der Waals surface area contributed by atoms with E-state index in [0.717, 1.165) is 44.2 Å². The Hall–Kier alpha value is -0.550. The zero-order valence-corrected chi connectivity index (χ0v) is 12.5. The monoisotopic (exact) mass is 280 g/mol. The maximum atomic E-state index is 10.1. The molecule has 1 unspecified atom stereocenters. The average molecular weight is 280 g/mol. The van der Waals surface area contributed by atoms with Crippen LogP contribution in [-0.4, -0.2) is 66.5 Å². The van der Waals surface area contributed by atoms with Crippen molar-refractivity contribution in [1.29, 1.82) is 0 Å². The highest BCUT2D eigenvalue weighted by atomic mass is 32.2. The Balaban J connectivity index is 1.61. The molecule has 0 saturated carbocycles. The average Bonchev–Trinajstić information content (AvgIpc) is 2.43. The van der Waals surface area contributed by atoms with Crippen LogP contribution in [-0.2, 0) is 5.75 Å². The lowest BCUT2D eigenvalue weighted by atomic mass is 10.2. The fourth-order valence-corrected chi connectivity index (χ4v) is 3.19. The fraction of sp³-hybridized carbons (Fsp3) is 0.600. The third kappa shape index (κ3) is 5.53. The lowest BCUT2D eigenvalue weighted by Crippen LogP contribution is -2.47. The Morgan fingerprint density at radius 3 is 2.53 bits per heavy atom. The summed E-state index contributed by atoms with van der Waals surface area (Å²) in [6, 6.07) is 10.4. The molecule has 1 aliphatic rings. The largest absolute Gasteiger partial charge is 0.391 e. The highest BCUT2D eigenvalue weighted by molar-refractivity contribution is 7.98. The van der Waals surface area contributed by atoms with Crippen molar-refractivity contribution in [3.63, 3.8) is 0 Å². The number of aliphatic hydroxyl groups is 1. The number of piperazine rings is 1. The molecule has 0 bridgehead atoms. The van der Waals surface area contributed by atoms with Crippen LogP contribution in [0, 0.1) is 0 Å². The van der Waals surface area contributed by atoms with Crippen molar-refractivity contribution in [2.45, 2.75) is 11.9 Å². The highest BCUT2D eigenvalue weighted by Gasteiger charge is 2.16. The topological polar surface area (TPSA) is 26.7 Å². The van der Waals surface area contributed by atoms with Gasteiger partial charge in [0, 0.05) is 44.2 Å². The van der Waals surface area contributed by atoms with Gasteiger partial charge in [0.05, 0.1) is 6.10 Å². The van der Waals surface area contributed by atoms with Crippen LogP contribution in [0.15, 0.2) is 30.3 Å². The van der Waals surface area contributed by atoms with E-state index in [4.69, 9.17) is 0 Å². The van der Waals surface area contributed by atoms with Crippen molar-refractivity contribution in [2.75, 3.05) is 45.5 Å². The molecule has 1 fully saturated rings. The Bertz CT molecular complexity index is 352. The molecule has 1 heterocycles. The van der Waals surface area contributed by atoms with Crippen molar-refractivity contribution in [3.05, 3.63) is 35.9 Å². The molecule has 1 aromatic rings. The van der Waals surface area contributed by atoms with Gasteiger partial charge in [0.25, 0.3) is 0 Å². The van der Waals surface area contributed by atoms with Gasteiger partial charge in [-0.05, 0) is 12.6 Å². The van der Waals surface area contributed by atoms with Crippen LogP contribution >= 0.6 is 11.8 Å². The van der Waals surface area contributed by atoms with Gasteiger partial charge in [-0.15, -0.1) is 0 Å². The number of β-amino-alcohol motifs (C(OH)–C–C–N with tert-alkyl or cyclic N) is 1. The van der Waals surface area contributed by atoms with Crippen molar-refractivity contribution in [1.82, 2.24) is 9.80 Å². The molecule has 0 aromatic heterocycles. The highest BCUT2D eigenvalue weighted by Crippen LogP contribution is 2.13. The van der Waals surface area contributed by atoms with Crippen molar-refractivity contribution >= 4 is 11.8 Å². The second-order valence-electron chi connectivity index (χ2n) is 5.26.